The summed E-state index contributed by atoms with van der Waals surface area (Å²) in [5.74, 6) is 5.34. The van der Waals surface area contributed by atoms with Crippen molar-refractivity contribution in [3.05, 3.63) is 35.4 Å². The highest BCUT2D eigenvalue weighted by Crippen LogP contribution is 2.06. The molecule has 1 aromatic rings. The first-order chi connectivity index (χ1) is 8.65. The normalized spacial score (nSPS) is 9.44. The SMILES string of the molecule is CCCCCC#CC(=O)c1ccc(C(C)=O)cc1. The fourth-order valence-corrected chi connectivity index (χ4v) is 1.53. The van der Waals surface area contributed by atoms with Gasteiger partial charge in [-0.05, 0) is 31.4 Å². The molecule has 0 unspecified atom stereocenters. The minimum Gasteiger partial charge on any atom is -0.295 e. The van der Waals surface area contributed by atoms with Crippen molar-refractivity contribution in [3.8, 4) is 11.8 Å². The lowest BCUT2D eigenvalue weighted by atomic mass is 10.1. The smallest absolute Gasteiger partial charge is 0.235 e. The first-order valence-electron chi connectivity index (χ1n) is 6.29. The Morgan fingerprint density at radius 2 is 1.67 bits per heavy atom. The molecule has 0 fully saturated rings. The topological polar surface area (TPSA) is 34.1 Å². The Hall–Kier alpha value is -1.88. The Kier molecular flexibility index (Phi) is 5.87. The molecule has 0 atom stereocenters. The third-order valence-electron chi connectivity index (χ3n) is 2.66. The lowest BCUT2D eigenvalue weighted by molar-refractivity contribution is 0.101. The average molecular weight is 242 g/mol. The van der Waals surface area contributed by atoms with E-state index in [9.17, 15) is 9.59 Å². The van der Waals surface area contributed by atoms with Gasteiger partial charge in [0.15, 0.2) is 5.78 Å². The second kappa shape index (κ2) is 7.45. The summed E-state index contributed by atoms with van der Waals surface area (Å²) in [4.78, 5) is 22.8. The second-order valence-corrected chi connectivity index (χ2v) is 4.22. The molecular formula is C16H18O2. The van der Waals surface area contributed by atoms with Gasteiger partial charge in [-0.3, -0.25) is 9.59 Å². The fraction of sp³-hybridized carbons (Fsp3) is 0.375. The molecule has 0 heterocycles. The number of benzene rings is 1. The van der Waals surface area contributed by atoms with E-state index in [1.54, 1.807) is 24.3 Å². The van der Waals surface area contributed by atoms with Gasteiger partial charge in [0.1, 0.15) is 0 Å². The van der Waals surface area contributed by atoms with Crippen LogP contribution in [-0.2, 0) is 0 Å². The molecule has 0 radical (unpaired) electrons. The molecule has 0 aromatic heterocycles. The first kappa shape index (κ1) is 14.2. The fourth-order valence-electron chi connectivity index (χ4n) is 1.53. The molecule has 94 valence electrons. The molecule has 0 saturated carbocycles. The van der Waals surface area contributed by atoms with Gasteiger partial charge in [-0.25, -0.2) is 0 Å². The van der Waals surface area contributed by atoms with E-state index in [-0.39, 0.29) is 11.6 Å². The van der Waals surface area contributed by atoms with Crippen LogP contribution in [0.2, 0.25) is 0 Å². The molecule has 2 heteroatoms. The first-order valence-corrected chi connectivity index (χ1v) is 6.29. The Labute approximate surface area is 108 Å². The molecule has 2 nitrogen and oxygen atoms in total. The highest BCUT2D eigenvalue weighted by molar-refractivity contribution is 6.09. The molecule has 0 saturated heterocycles. The number of hydrogen-bond acceptors (Lipinski definition) is 2. The highest BCUT2D eigenvalue weighted by Gasteiger charge is 2.03. The van der Waals surface area contributed by atoms with Crippen molar-refractivity contribution >= 4 is 11.6 Å². The zero-order valence-corrected chi connectivity index (χ0v) is 11.0. The van der Waals surface area contributed by atoms with Crippen LogP contribution in [0.4, 0.5) is 0 Å². The van der Waals surface area contributed by atoms with Crippen LogP contribution in [0.25, 0.3) is 0 Å². The van der Waals surface area contributed by atoms with Crippen LogP contribution in [0.3, 0.4) is 0 Å². The number of Topliss-reactive ketones (excluding diaryl/α,β-unsaturated/α-hetero) is 2. The molecule has 18 heavy (non-hydrogen) atoms. The van der Waals surface area contributed by atoms with Gasteiger partial charge in [-0.2, -0.15) is 0 Å². The monoisotopic (exact) mass is 242 g/mol. The van der Waals surface area contributed by atoms with E-state index in [0.717, 1.165) is 25.7 Å². The molecule has 1 aromatic carbocycles. The molecule has 0 N–H and O–H groups in total. The summed E-state index contributed by atoms with van der Waals surface area (Å²) in [5.41, 5.74) is 1.16. The van der Waals surface area contributed by atoms with Gasteiger partial charge in [0, 0.05) is 17.5 Å². The quantitative estimate of drug-likeness (QED) is 0.342. The van der Waals surface area contributed by atoms with Crippen molar-refractivity contribution in [2.75, 3.05) is 0 Å². The Morgan fingerprint density at radius 3 is 2.22 bits per heavy atom. The van der Waals surface area contributed by atoms with Crippen molar-refractivity contribution in [2.45, 2.75) is 39.5 Å². The maximum Gasteiger partial charge on any atom is 0.235 e. The summed E-state index contributed by atoms with van der Waals surface area (Å²) < 4.78 is 0. The molecule has 0 aliphatic rings. The summed E-state index contributed by atoms with van der Waals surface area (Å²) in [7, 11) is 0. The molecule has 0 spiro atoms. The third-order valence-corrected chi connectivity index (χ3v) is 2.66. The lowest BCUT2D eigenvalue weighted by Crippen LogP contribution is -1.97. The summed E-state index contributed by atoms with van der Waals surface area (Å²) >= 11 is 0. The number of rotatable bonds is 5. The Bertz CT molecular complexity index is 472. The van der Waals surface area contributed by atoms with E-state index in [0.29, 0.717) is 11.1 Å². The number of ketones is 2. The Balaban J connectivity index is 2.59. The van der Waals surface area contributed by atoms with Crippen molar-refractivity contribution in [3.63, 3.8) is 0 Å². The second-order valence-electron chi connectivity index (χ2n) is 4.22. The predicted octanol–water partition coefficient (Wildman–Crippen LogP) is 3.66. The summed E-state index contributed by atoms with van der Waals surface area (Å²) in [6.07, 6.45) is 4.11. The lowest BCUT2D eigenvalue weighted by Gasteiger charge is -1.96. The van der Waals surface area contributed by atoms with Crippen molar-refractivity contribution in [1.82, 2.24) is 0 Å². The van der Waals surface area contributed by atoms with E-state index in [2.05, 4.69) is 18.8 Å². The number of unbranched alkanes of at least 4 members (excludes halogenated alkanes) is 3. The zero-order chi connectivity index (χ0) is 13.4. The maximum atomic E-state index is 11.7. The van der Waals surface area contributed by atoms with E-state index in [4.69, 9.17) is 0 Å². The van der Waals surface area contributed by atoms with Crippen LogP contribution in [-0.4, -0.2) is 11.6 Å². The molecular weight excluding hydrogens is 224 g/mol. The largest absolute Gasteiger partial charge is 0.295 e. The predicted molar refractivity (Wildman–Crippen MR) is 72.7 cm³/mol. The van der Waals surface area contributed by atoms with Gasteiger partial charge in [-0.1, -0.05) is 37.8 Å². The number of carbonyl (C=O) groups is 2. The minimum absolute atomic E-state index is 0.000325. The highest BCUT2D eigenvalue weighted by atomic mass is 16.1. The van der Waals surface area contributed by atoms with Gasteiger partial charge < -0.3 is 0 Å². The van der Waals surface area contributed by atoms with Crippen LogP contribution >= 0.6 is 0 Å². The van der Waals surface area contributed by atoms with Crippen molar-refractivity contribution < 1.29 is 9.59 Å². The van der Waals surface area contributed by atoms with Crippen LogP contribution in [0, 0.1) is 11.8 Å². The van der Waals surface area contributed by atoms with Crippen molar-refractivity contribution in [1.29, 1.82) is 0 Å². The van der Waals surface area contributed by atoms with Crippen LogP contribution in [0.15, 0.2) is 24.3 Å². The van der Waals surface area contributed by atoms with Gasteiger partial charge in [0.2, 0.25) is 5.78 Å². The zero-order valence-electron chi connectivity index (χ0n) is 11.0. The Morgan fingerprint density at radius 1 is 1.06 bits per heavy atom. The average Bonchev–Trinajstić information content (AvgIpc) is 2.38. The number of carbonyl (C=O) groups excluding carboxylic acids is 2. The summed E-state index contributed by atoms with van der Waals surface area (Å²) in [6.45, 7) is 3.64. The van der Waals surface area contributed by atoms with E-state index >= 15 is 0 Å². The van der Waals surface area contributed by atoms with Gasteiger partial charge in [0.25, 0.3) is 0 Å². The molecule has 0 aliphatic heterocycles. The molecule has 0 amide bonds. The van der Waals surface area contributed by atoms with Crippen LogP contribution in [0.5, 0.6) is 0 Å². The van der Waals surface area contributed by atoms with Crippen LogP contribution < -0.4 is 0 Å². The summed E-state index contributed by atoms with van der Waals surface area (Å²) in [6, 6.07) is 6.63. The summed E-state index contributed by atoms with van der Waals surface area (Å²) in [5, 5.41) is 0. The number of hydrogen-bond donors (Lipinski definition) is 0. The maximum absolute atomic E-state index is 11.7. The molecule has 1 rings (SSSR count). The van der Waals surface area contributed by atoms with Gasteiger partial charge in [0.05, 0.1) is 0 Å². The van der Waals surface area contributed by atoms with E-state index in [1.807, 2.05) is 0 Å². The third kappa shape index (κ3) is 4.55. The standard InChI is InChI=1S/C16H18O2/c1-3-4-5-6-7-8-16(18)15-11-9-14(10-12-15)13(2)17/h9-12H,3-6H2,1-2H3. The van der Waals surface area contributed by atoms with E-state index in [1.165, 1.54) is 6.92 Å². The molecule has 0 bridgehead atoms. The van der Waals surface area contributed by atoms with Gasteiger partial charge in [-0.15, -0.1) is 0 Å². The van der Waals surface area contributed by atoms with E-state index < -0.39 is 0 Å². The van der Waals surface area contributed by atoms with Crippen molar-refractivity contribution in [2.24, 2.45) is 0 Å². The van der Waals surface area contributed by atoms with Gasteiger partial charge >= 0.3 is 0 Å². The minimum atomic E-state index is -0.179. The van der Waals surface area contributed by atoms with Crippen LogP contribution in [0.1, 0.15) is 60.2 Å². The molecule has 0 aliphatic carbocycles.